The first-order valence-electron chi connectivity index (χ1n) is 12.4. The van der Waals surface area contributed by atoms with Gasteiger partial charge in [-0.15, -0.1) is 11.3 Å². The Kier molecular flexibility index (Phi) is 7.46. The van der Waals surface area contributed by atoms with Crippen molar-refractivity contribution in [3.63, 3.8) is 0 Å². The normalized spacial score (nSPS) is 14.7. The fourth-order valence-corrected chi connectivity index (χ4v) is 5.85. The van der Waals surface area contributed by atoms with E-state index in [2.05, 4.69) is 5.32 Å². The van der Waals surface area contributed by atoms with Gasteiger partial charge in [-0.1, -0.05) is 54.6 Å². The third-order valence-electron chi connectivity index (χ3n) is 6.60. The van der Waals surface area contributed by atoms with E-state index < -0.39 is 27.2 Å². The molecule has 0 spiro atoms. The number of carbonyl (C=O) groups is 1. The van der Waals surface area contributed by atoms with Crippen molar-refractivity contribution in [3.8, 4) is 6.07 Å². The summed E-state index contributed by atoms with van der Waals surface area (Å²) >= 11 is 0.924. The lowest BCUT2D eigenvalue weighted by molar-refractivity contribution is -0.385. The van der Waals surface area contributed by atoms with Crippen molar-refractivity contribution in [2.45, 2.75) is 12.5 Å². The number of aromatic nitrogens is 1. The van der Waals surface area contributed by atoms with E-state index in [1.54, 1.807) is 12.1 Å². The number of nitro benzene ring substituents is 2. The summed E-state index contributed by atoms with van der Waals surface area (Å²) in [5.74, 6) is -1.94. The first-order valence-corrected chi connectivity index (χ1v) is 13.2. The highest BCUT2D eigenvalue weighted by Gasteiger charge is 2.36. The number of carbonyl (C=O) groups excluding carboxylic acids is 1. The van der Waals surface area contributed by atoms with E-state index in [1.807, 2.05) is 36.4 Å². The molecule has 42 heavy (non-hydrogen) atoms. The highest BCUT2D eigenvalue weighted by molar-refractivity contribution is 7.07. The van der Waals surface area contributed by atoms with Gasteiger partial charge in [0.15, 0.2) is 0 Å². The van der Waals surface area contributed by atoms with Crippen LogP contribution in [0.3, 0.4) is 0 Å². The molecule has 3 N–H and O–H groups in total. The Morgan fingerprint density at radius 3 is 2.36 bits per heavy atom. The lowest BCUT2D eigenvalue weighted by Crippen LogP contribution is -2.42. The average Bonchev–Trinajstić information content (AvgIpc) is 3.31. The Labute approximate surface area is 240 Å². The zero-order valence-corrected chi connectivity index (χ0v) is 22.4. The zero-order valence-electron chi connectivity index (χ0n) is 21.6. The van der Waals surface area contributed by atoms with Crippen LogP contribution < -0.4 is 25.8 Å². The number of nitro groups is 2. The Morgan fingerprint density at radius 1 is 1.02 bits per heavy atom. The topological polar surface area (TPSA) is 187 Å². The number of non-ortho nitro benzene ring substituents is 2. The number of hydrogen-bond donors (Lipinski definition) is 2. The molecule has 0 aliphatic carbocycles. The summed E-state index contributed by atoms with van der Waals surface area (Å²) in [6.07, 6.45) is 1.44. The van der Waals surface area contributed by atoms with Crippen LogP contribution in [0, 0.1) is 31.6 Å². The molecule has 0 radical (unpaired) electrons. The van der Waals surface area contributed by atoms with Gasteiger partial charge in [-0.25, -0.2) is 0 Å². The van der Waals surface area contributed by atoms with Crippen molar-refractivity contribution in [3.05, 3.63) is 141 Å². The predicted molar refractivity (Wildman–Crippen MR) is 155 cm³/mol. The Bertz CT molecular complexity index is 2020. The molecule has 0 fully saturated rings. The maximum Gasteiger partial charge on any atom is 0.274 e. The molecule has 208 valence electrons. The fourth-order valence-electron chi connectivity index (χ4n) is 4.67. The maximum absolute atomic E-state index is 13.9. The summed E-state index contributed by atoms with van der Waals surface area (Å²) in [6, 6.07) is 22.3. The second-order valence-electron chi connectivity index (χ2n) is 9.19. The maximum atomic E-state index is 13.9. The molecule has 3 aromatic carbocycles. The van der Waals surface area contributed by atoms with Crippen molar-refractivity contribution >= 4 is 46.1 Å². The second kappa shape index (κ2) is 11.3. The van der Waals surface area contributed by atoms with Crippen LogP contribution in [0.1, 0.15) is 22.6 Å². The first kappa shape index (κ1) is 27.7. The van der Waals surface area contributed by atoms with Gasteiger partial charge in [0.1, 0.15) is 10.5 Å². The number of hydrogen-bond acceptors (Lipinski definition) is 9. The molecule has 1 unspecified atom stereocenters. The third-order valence-corrected chi connectivity index (χ3v) is 7.71. The van der Waals surface area contributed by atoms with Crippen molar-refractivity contribution < 1.29 is 14.6 Å². The number of nitrogens with two attached hydrogens (primary N) is 1. The minimum absolute atomic E-state index is 0.0120. The van der Waals surface area contributed by atoms with E-state index in [-0.39, 0.29) is 49.6 Å². The summed E-state index contributed by atoms with van der Waals surface area (Å²) in [4.78, 5) is 49.1. The second-order valence-corrected chi connectivity index (χ2v) is 10.2. The molecule has 0 saturated heterocycles. The molecule has 1 aliphatic rings. The number of benzene rings is 3. The van der Waals surface area contributed by atoms with Crippen LogP contribution in [-0.4, -0.2) is 20.3 Å². The summed E-state index contributed by atoms with van der Waals surface area (Å²) in [7, 11) is 0. The monoisotopic (exact) mass is 580 g/mol. The van der Waals surface area contributed by atoms with Gasteiger partial charge in [-0.3, -0.25) is 34.4 Å². The molecule has 12 nitrogen and oxygen atoms in total. The van der Waals surface area contributed by atoms with Crippen LogP contribution in [-0.2, 0) is 11.3 Å². The lowest BCUT2D eigenvalue weighted by atomic mass is 9.83. The summed E-state index contributed by atoms with van der Waals surface area (Å²) in [5, 5.41) is 35.8. The van der Waals surface area contributed by atoms with Gasteiger partial charge in [0, 0.05) is 30.8 Å². The number of rotatable bonds is 7. The number of thiazole rings is 1. The standard InChI is InChI=1S/C29H20N6O6S/c30-15-22-24(19-9-5-11-21(14-19)35(40)41)25(27(36)32-16-17-6-2-1-3-7-17)29-33(26(22)31)28(37)23(42-29)13-18-8-4-10-20(12-18)34(38)39/h1-14,24H,16,31H2,(H,32,36)/b23-13-. The van der Waals surface area contributed by atoms with E-state index >= 15 is 0 Å². The van der Waals surface area contributed by atoms with Crippen molar-refractivity contribution in [2.24, 2.45) is 5.73 Å². The van der Waals surface area contributed by atoms with Gasteiger partial charge in [0.2, 0.25) is 0 Å². The van der Waals surface area contributed by atoms with E-state index in [9.17, 15) is 35.1 Å². The van der Waals surface area contributed by atoms with Crippen LogP contribution in [0.5, 0.6) is 0 Å². The number of nitrogens with one attached hydrogen (secondary N) is 1. The summed E-state index contributed by atoms with van der Waals surface area (Å²) in [6.45, 7) is 0.133. The van der Waals surface area contributed by atoms with Crippen LogP contribution in [0.2, 0.25) is 0 Å². The van der Waals surface area contributed by atoms with Crippen LogP contribution in [0.15, 0.2) is 89.2 Å². The molecule has 0 saturated carbocycles. The third kappa shape index (κ3) is 5.17. The van der Waals surface area contributed by atoms with Crippen LogP contribution in [0.4, 0.5) is 11.4 Å². The molecule has 0 bridgehead atoms. The number of nitriles is 1. The van der Waals surface area contributed by atoms with E-state index in [0.717, 1.165) is 21.5 Å². The molecule has 1 aliphatic heterocycles. The molecule has 1 aromatic heterocycles. The van der Waals surface area contributed by atoms with Crippen molar-refractivity contribution in [1.29, 1.82) is 5.26 Å². The van der Waals surface area contributed by atoms with Crippen LogP contribution in [0.25, 0.3) is 17.5 Å². The first-order chi connectivity index (χ1) is 20.2. The lowest BCUT2D eigenvalue weighted by Gasteiger charge is -2.25. The Balaban J connectivity index is 1.77. The van der Waals surface area contributed by atoms with Crippen LogP contribution >= 0.6 is 11.3 Å². The molecule has 5 rings (SSSR count). The number of allylic oxidation sites excluding steroid dienone is 1. The minimum atomic E-state index is -1.12. The largest absolute Gasteiger partial charge is 0.384 e. The molecule has 4 aromatic rings. The van der Waals surface area contributed by atoms with E-state index in [0.29, 0.717) is 5.56 Å². The highest BCUT2D eigenvalue weighted by Crippen LogP contribution is 2.37. The molecule has 13 heteroatoms. The van der Waals surface area contributed by atoms with Gasteiger partial charge < -0.3 is 11.1 Å². The molecular formula is C29H20N6O6S. The highest BCUT2D eigenvalue weighted by atomic mass is 32.1. The number of fused-ring (bicyclic) bond motifs is 1. The quantitative estimate of drug-likeness (QED) is 0.246. The van der Waals surface area contributed by atoms with Gasteiger partial charge in [0.05, 0.1) is 37.5 Å². The fraction of sp³-hybridized carbons (Fsp3) is 0.0690. The molecule has 2 heterocycles. The van der Waals surface area contributed by atoms with Gasteiger partial charge in [0.25, 0.3) is 22.8 Å². The van der Waals surface area contributed by atoms with Crippen molar-refractivity contribution in [2.75, 3.05) is 0 Å². The van der Waals surface area contributed by atoms with Crippen molar-refractivity contribution in [1.82, 2.24) is 9.88 Å². The predicted octanol–water partition coefficient (Wildman–Crippen LogP) is 2.47. The SMILES string of the molecule is N#CC1=C(N)n2c(s/c(=C\c3cccc([N+](=O)[O-])c3)c2=O)=C(C(=O)NCc2ccccc2)C1c1cccc([N+](=O)[O-])c1. The van der Waals surface area contributed by atoms with Gasteiger partial charge in [-0.05, 0) is 22.8 Å². The molecular weight excluding hydrogens is 560 g/mol. The van der Waals surface area contributed by atoms with Gasteiger partial charge in [-0.2, -0.15) is 5.26 Å². The van der Waals surface area contributed by atoms with E-state index in [4.69, 9.17) is 5.73 Å². The smallest absolute Gasteiger partial charge is 0.274 e. The zero-order chi connectivity index (χ0) is 30.0. The molecule has 1 amide bonds. The van der Waals surface area contributed by atoms with E-state index in [1.165, 1.54) is 42.5 Å². The minimum Gasteiger partial charge on any atom is -0.384 e. The summed E-state index contributed by atoms with van der Waals surface area (Å²) < 4.78 is 1.31. The average molecular weight is 581 g/mol. The Morgan fingerprint density at radius 2 is 1.69 bits per heavy atom. The molecule has 1 atom stereocenters. The summed E-state index contributed by atoms with van der Waals surface area (Å²) in [5.41, 5.74) is 6.64. The number of amides is 1. The Hall–Kier alpha value is -5.87. The number of nitrogens with zero attached hydrogens (tertiary/aromatic N) is 4. The van der Waals surface area contributed by atoms with Gasteiger partial charge >= 0.3 is 0 Å².